The number of rotatable bonds is 8. The van der Waals surface area contributed by atoms with Crippen LogP contribution in [0.2, 0.25) is 0 Å². The Hall–Kier alpha value is -2.90. The molecule has 0 saturated heterocycles. The molecular formula is C18H22O8. The molecule has 0 unspecified atom stereocenters. The van der Waals surface area contributed by atoms with Crippen LogP contribution >= 0.6 is 0 Å². The lowest BCUT2D eigenvalue weighted by Crippen LogP contribution is -2.20. The Bertz CT molecular complexity index is 589. The molecule has 0 N–H and O–H groups in total. The van der Waals surface area contributed by atoms with E-state index in [2.05, 4.69) is 0 Å². The summed E-state index contributed by atoms with van der Waals surface area (Å²) in [6.45, 7) is 5.72. The Labute approximate surface area is 151 Å². The summed E-state index contributed by atoms with van der Waals surface area (Å²) < 4.78 is 19.3. The molecule has 142 valence electrons. The Balaban J connectivity index is 2.51. The average Bonchev–Trinajstić information content (AvgIpc) is 2.56. The Morgan fingerprint density at radius 3 is 1.27 bits per heavy atom. The summed E-state index contributed by atoms with van der Waals surface area (Å²) in [4.78, 5) is 46.3. The van der Waals surface area contributed by atoms with Gasteiger partial charge in [0, 0.05) is 0 Å². The van der Waals surface area contributed by atoms with Crippen LogP contribution in [0.15, 0.2) is 24.3 Å². The van der Waals surface area contributed by atoms with Crippen molar-refractivity contribution < 1.29 is 38.1 Å². The van der Waals surface area contributed by atoms with E-state index >= 15 is 0 Å². The fourth-order valence-electron chi connectivity index (χ4n) is 1.75. The maximum atomic E-state index is 11.8. The van der Waals surface area contributed by atoms with Crippen LogP contribution in [-0.2, 0) is 28.5 Å². The van der Waals surface area contributed by atoms with Crippen molar-refractivity contribution in [2.24, 2.45) is 0 Å². The molecule has 0 saturated carbocycles. The highest BCUT2D eigenvalue weighted by Gasteiger charge is 2.15. The normalized spacial score (nSPS) is 10.4. The van der Waals surface area contributed by atoms with E-state index in [-0.39, 0.29) is 23.3 Å². The van der Waals surface area contributed by atoms with Crippen molar-refractivity contribution in [2.75, 3.05) is 13.2 Å². The van der Waals surface area contributed by atoms with Crippen LogP contribution < -0.4 is 0 Å². The summed E-state index contributed by atoms with van der Waals surface area (Å²) in [6.07, 6.45) is -0.603. The Kier molecular flexibility index (Phi) is 8.27. The van der Waals surface area contributed by atoms with E-state index in [4.69, 9.17) is 18.9 Å². The second-order valence-corrected chi connectivity index (χ2v) is 5.81. The van der Waals surface area contributed by atoms with Crippen LogP contribution in [0, 0.1) is 0 Å². The molecule has 8 heteroatoms. The van der Waals surface area contributed by atoms with Gasteiger partial charge in [-0.25, -0.2) is 19.2 Å². The van der Waals surface area contributed by atoms with Gasteiger partial charge in [0.05, 0.1) is 23.3 Å². The maximum absolute atomic E-state index is 11.8. The lowest BCUT2D eigenvalue weighted by atomic mass is 10.1. The maximum Gasteiger partial charge on any atom is 0.344 e. The third-order valence-corrected chi connectivity index (χ3v) is 2.73. The van der Waals surface area contributed by atoms with Gasteiger partial charge >= 0.3 is 23.9 Å². The van der Waals surface area contributed by atoms with Crippen molar-refractivity contribution in [3.63, 3.8) is 0 Å². The van der Waals surface area contributed by atoms with Gasteiger partial charge in [0.1, 0.15) is 0 Å². The summed E-state index contributed by atoms with van der Waals surface area (Å²) in [5.74, 6) is -2.76. The van der Waals surface area contributed by atoms with Gasteiger partial charge in [0.2, 0.25) is 0 Å². The molecule has 0 aliphatic heterocycles. The standard InChI is InChI=1S/C18H22O8/c1-11(2)25-15(19)9-23-17(21)13-5-7-14(8-6-13)18(22)24-10-16(20)26-12(3)4/h5-8,11-12H,9-10H2,1-4H3. The molecular weight excluding hydrogens is 344 g/mol. The molecule has 26 heavy (non-hydrogen) atoms. The van der Waals surface area contributed by atoms with E-state index < -0.39 is 37.1 Å². The van der Waals surface area contributed by atoms with E-state index in [1.165, 1.54) is 24.3 Å². The largest absolute Gasteiger partial charge is 0.460 e. The highest BCUT2D eigenvalue weighted by molar-refractivity contribution is 5.94. The first kappa shape index (κ1) is 21.1. The molecule has 1 rings (SSSR count). The highest BCUT2D eigenvalue weighted by atomic mass is 16.6. The third kappa shape index (κ3) is 7.78. The topological polar surface area (TPSA) is 105 Å². The van der Waals surface area contributed by atoms with E-state index in [0.29, 0.717) is 0 Å². The van der Waals surface area contributed by atoms with Gasteiger partial charge in [-0.05, 0) is 52.0 Å². The van der Waals surface area contributed by atoms with Crippen LogP contribution in [0.1, 0.15) is 48.4 Å². The number of carbonyl (C=O) groups excluding carboxylic acids is 4. The summed E-state index contributed by atoms with van der Waals surface area (Å²) in [6, 6.07) is 5.39. The van der Waals surface area contributed by atoms with Crippen molar-refractivity contribution in [2.45, 2.75) is 39.9 Å². The lowest BCUT2D eigenvalue weighted by Gasteiger charge is -2.09. The molecule has 0 fully saturated rings. The monoisotopic (exact) mass is 366 g/mol. The summed E-state index contributed by atoms with van der Waals surface area (Å²) >= 11 is 0. The van der Waals surface area contributed by atoms with E-state index in [0.717, 1.165) is 0 Å². The predicted molar refractivity (Wildman–Crippen MR) is 89.5 cm³/mol. The average molecular weight is 366 g/mol. The van der Waals surface area contributed by atoms with Crippen LogP contribution in [0.4, 0.5) is 0 Å². The molecule has 8 nitrogen and oxygen atoms in total. The van der Waals surface area contributed by atoms with Gasteiger partial charge < -0.3 is 18.9 Å². The third-order valence-electron chi connectivity index (χ3n) is 2.73. The molecule has 1 aromatic carbocycles. The van der Waals surface area contributed by atoms with E-state index in [1.54, 1.807) is 27.7 Å². The fourth-order valence-corrected chi connectivity index (χ4v) is 1.75. The number of hydrogen-bond donors (Lipinski definition) is 0. The summed E-state index contributed by atoms with van der Waals surface area (Å²) in [5.41, 5.74) is 0.302. The number of esters is 4. The van der Waals surface area contributed by atoms with Crippen molar-refractivity contribution in [1.82, 2.24) is 0 Å². The highest BCUT2D eigenvalue weighted by Crippen LogP contribution is 2.08. The molecule has 1 aromatic rings. The summed E-state index contributed by atoms with van der Waals surface area (Å²) in [5, 5.41) is 0. The predicted octanol–water partition coefficient (Wildman–Crippen LogP) is 1.90. The Morgan fingerprint density at radius 2 is 1.00 bits per heavy atom. The van der Waals surface area contributed by atoms with Crippen molar-refractivity contribution >= 4 is 23.9 Å². The number of hydrogen-bond acceptors (Lipinski definition) is 8. The van der Waals surface area contributed by atoms with Gasteiger partial charge in [0.15, 0.2) is 13.2 Å². The minimum absolute atomic E-state index is 0.151. The Morgan fingerprint density at radius 1 is 0.692 bits per heavy atom. The molecule has 0 aliphatic carbocycles. The van der Waals surface area contributed by atoms with Gasteiger partial charge in [-0.1, -0.05) is 0 Å². The second kappa shape index (κ2) is 10.2. The van der Waals surface area contributed by atoms with Crippen LogP contribution in [0.5, 0.6) is 0 Å². The molecule has 0 heterocycles. The smallest absolute Gasteiger partial charge is 0.344 e. The fraction of sp³-hybridized carbons (Fsp3) is 0.444. The van der Waals surface area contributed by atoms with E-state index in [9.17, 15) is 19.2 Å². The molecule has 0 bridgehead atoms. The van der Waals surface area contributed by atoms with Gasteiger partial charge in [-0.15, -0.1) is 0 Å². The molecule has 0 aliphatic rings. The molecule has 0 spiro atoms. The molecule has 0 amide bonds. The number of benzene rings is 1. The SMILES string of the molecule is CC(C)OC(=O)COC(=O)c1ccc(C(=O)OCC(=O)OC(C)C)cc1. The first-order valence-electron chi connectivity index (χ1n) is 8.02. The van der Waals surface area contributed by atoms with Gasteiger partial charge in [-0.3, -0.25) is 0 Å². The lowest BCUT2D eigenvalue weighted by molar-refractivity contribution is -0.151. The zero-order chi connectivity index (χ0) is 19.7. The van der Waals surface area contributed by atoms with E-state index in [1.807, 2.05) is 0 Å². The minimum Gasteiger partial charge on any atom is -0.460 e. The van der Waals surface area contributed by atoms with Crippen LogP contribution in [0.25, 0.3) is 0 Å². The first-order chi connectivity index (χ1) is 12.2. The minimum atomic E-state index is -0.730. The van der Waals surface area contributed by atoms with Crippen molar-refractivity contribution in [3.8, 4) is 0 Å². The molecule has 0 atom stereocenters. The van der Waals surface area contributed by atoms with Crippen LogP contribution in [0.3, 0.4) is 0 Å². The first-order valence-corrected chi connectivity index (χ1v) is 8.02. The van der Waals surface area contributed by atoms with Crippen molar-refractivity contribution in [3.05, 3.63) is 35.4 Å². The van der Waals surface area contributed by atoms with Gasteiger partial charge in [-0.2, -0.15) is 0 Å². The second-order valence-electron chi connectivity index (χ2n) is 5.81. The van der Waals surface area contributed by atoms with Gasteiger partial charge in [0.25, 0.3) is 0 Å². The molecule has 0 aromatic heterocycles. The number of ether oxygens (including phenoxy) is 4. The zero-order valence-electron chi connectivity index (χ0n) is 15.1. The van der Waals surface area contributed by atoms with Crippen LogP contribution in [-0.4, -0.2) is 49.3 Å². The van der Waals surface area contributed by atoms with Crippen molar-refractivity contribution in [1.29, 1.82) is 0 Å². The summed E-state index contributed by atoms with van der Waals surface area (Å²) in [7, 11) is 0. The zero-order valence-corrected chi connectivity index (χ0v) is 15.1. The quantitative estimate of drug-likeness (QED) is 0.507. The molecule has 0 radical (unpaired) electrons. The number of carbonyl (C=O) groups is 4.